The number of aromatic nitrogens is 4. The van der Waals surface area contributed by atoms with Crippen molar-refractivity contribution < 1.29 is 4.74 Å². The molecule has 254 valence electrons. The molecule has 0 unspecified atom stereocenters. The van der Waals surface area contributed by atoms with Crippen molar-refractivity contribution in [3.05, 3.63) is 131 Å². The molecule has 3 heterocycles. The first-order valence-corrected chi connectivity index (χ1v) is 17.9. The minimum absolute atomic E-state index is 0.106. The van der Waals surface area contributed by atoms with E-state index < -0.39 is 0 Å². The quantitative estimate of drug-likeness (QED) is 0.155. The van der Waals surface area contributed by atoms with Crippen molar-refractivity contribution in [3.63, 3.8) is 0 Å². The zero-order chi connectivity index (χ0) is 35.2. The molecule has 7 aromatic rings. The van der Waals surface area contributed by atoms with Crippen LogP contribution in [0.2, 0.25) is 0 Å². The van der Waals surface area contributed by atoms with Crippen LogP contribution in [0.1, 0.15) is 69.1 Å². The van der Waals surface area contributed by atoms with E-state index in [1.54, 1.807) is 0 Å². The van der Waals surface area contributed by atoms with Crippen LogP contribution in [-0.2, 0) is 12.8 Å². The Morgan fingerprint density at radius 3 is 2.28 bits per heavy atom. The van der Waals surface area contributed by atoms with Crippen molar-refractivity contribution in [1.82, 2.24) is 19.3 Å². The molecule has 7 rings (SSSR count). The van der Waals surface area contributed by atoms with Crippen molar-refractivity contribution >= 4 is 21.8 Å². The van der Waals surface area contributed by atoms with Crippen LogP contribution in [0.4, 0.5) is 0 Å². The topological polar surface area (TPSA) is 44.9 Å². The molecule has 0 aliphatic carbocycles. The Bertz CT molecular complexity index is 2320. The van der Waals surface area contributed by atoms with Crippen LogP contribution < -0.4 is 4.74 Å². The number of aryl methyl sites for hydroxylation is 3. The molecular formula is C45H48N4O. The third-order valence-electron chi connectivity index (χ3n) is 9.46. The second kappa shape index (κ2) is 13.3. The average Bonchev–Trinajstić information content (AvgIpc) is 3.55. The summed E-state index contributed by atoms with van der Waals surface area (Å²) >= 11 is 0. The lowest BCUT2D eigenvalue weighted by Crippen LogP contribution is -2.10. The zero-order valence-electron chi connectivity index (χ0n) is 30.7. The van der Waals surface area contributed by atoms with Crippen molar-refractivity contribution in [2.75, 3.05) is 0 Å². The van der Waals surface area contributed by atoms with Gasteiger partial charge in [-0.05, 0) is 122 Å². The Morgan fingerprint density at radius 2 is 1.54 bits per heavy atom. The fourth-order valence-electron chi connectivity index (χ4n) is 7.20. The molecule has 0 N–H and O–H groups in total. The van der Waals surface area contributed by atoms with Gasteiger partial charge in [-0.1, -0.05) is 71.0 Å². The summed E-state index contributed by atoms with van der Waals surface area (Å²) in [7, 11) is 0. The van der Waals surface area contributed by atoms with Crippen LogP contribution >= 0.6 is 0 Å². The molecule has 0 atom stereocenters. The van der Waals surface area contributed by atoms with Gasteiger partial charge in [0, 0.05) is 40.4 Å². The van der Waals surface area contributed by atoms with Gasteiger partial charge in [0.15, 0.2) is 0 Å². The molecule has 0 bridgehead atoms. The number of rotatable bonds is 9. The smallest absolute Gasteiger partial charge is 0.137 e. The molecule has 0 radical (unpaired) electrons. The molecule has 5 heteroatoms. The number of pyridine rings is 1. The Labute approximate surface area is 296 Å². The Morgan fingerprint density at radius 1 is 0.740 bits per heavy atom. The van der Waals surface area contributed by atoms with E-state index in [-0.39, 0.29) is 5.41 Å². The number of hydrogen-bond acceptors (Lipinski definition) is 3. The van der Waals surface area contributed by atoms with Gasteiger partial charge >= 0.3 is 0 Å². The molecule has 50 heavy (non-hydrogen) atoms. The van der Waals surface area contributed by atoms with Crippen LogP contribution in [0, 0.1) is 32.1 Å². The molecule has 4 aromatic carbocycles. The standard InChI is InChI=1S/C45H48N4O/c1-29(2)14-15-33-16-19-41-40(25-33)39-18-17-37(27-42(39)48(41)43-22-30(3)20-21-46-43)50-38-24-34(28-45(6,7)8)23-36(26-38)49-32(5)44(31(4)47-49)35-12-10-9-11-13-35/h9-13,16-27,29H,14-15,28H2,1-8H3. The zero-order valence-corrected chi connectivity index (χ0v) is 30.7. The molecule has 0 saturated heterocycles. The highest BCUT2D eigenvalue weighted by Gasteiger charge is 2.19. The van der Waals surface area contributed by atoms with E-state index in [1.807, 2.05) is 12.3 Å². The lowest BCUT2D eigenvalue weighted by Gasteiger charge is -2.20. The van der Waals surface area contributed by atoms with E-state index in [1.165, 1.54) is 45.0 Å². The number of nitrogens with zero attached hydrogens (tertiary/aromatic N) is 4. The van der Waals surface area contributed by atoms with Crippen molar-refractivity contribution in [2.24, 2.45) is 11.3 Å². The molecular weight excluding hydrogens is 613 g/mol. The SMILES string of the molecule is Cc1ccnc(-n2c3ccc(CCC(C)C)cc3c3ccc(Oc4cc(CC(C)(C)C)cc(-n5nc(C)c(-c6ccccc6)c5C)c4)cc32)c1. The van der Waals surface area contributed by atoms with Crippen LogP contribution in [-0.4, -0.2) is 19.3 Å². The maximum Gasteiger partial charge on any atom is 0.137 e. The lowest BCUT2D eigenvalue weighted by atomic mass is 9.88. The Hall–Kier alpha value is -5.16. The van der Waals surface area contributed by atoms with E-state index in [0.717, 1.165) is 58.3 Å². The van der Waals surface area contributed by atoms with Crippen molar-refractivity contribution in [1.29, 1.82) is 0 Å². The van der Waals surface area contributed by atoms with Gasteiger partial charge in [-0.15, -0.1) is 0 Å². The fourth-order valence-corrected chi connectivity index (χ4v) is 7.20. The van der Waals surface area contributed by atoms with Gasteiger partial charge in [-0.3, -0.25) is 4.57 Å². The second-order valence-corrected chi connectivity index (χ2v) is 15.5. The summed E-state index contributed by atoms with van der Waals surface area (Å²) in [5, 5.41) is 7.48. The number of benzene rings is 4. The molecule has 0 aliphatic rings. The summed E-state index contributed by atoms with van der Waals surface area (Å²) in [4.78, 5) is 4.82. The van der Waals surface area contributed by atoms with E-state index in [2.05, 4.69) is 156 Å². The highest BCUT2D eigenvalue weighted by molar-refractivity contribution is 6.09. The van der Waals surface area contributed by atoms with Crippen LogP contribution in [0.5, 0.6) is 11.5 Å². The van der Waals surface area contributed by atoms with Gasteiger partial charge in [0.05, 0.1) is 22.4 Å². The first kappa shape index (κ1) is 33.3. The highest BCUT2D eigenvalue weighted by atomic mass is 16.5. The number of hydrogen-bond donors (Lipinski definition) is 0. The predicted octanol–water partition coefficient (Wildman–Crippen LogP) is 11.9. The normalized spacial score (nSPS) is 12.0. The van der Waals surface area contributed by atoms with E-state index in [0.29, 0.717) is 5.92 Å². The maximum absolute atomic E-state index is 6.79. The maximum atomic E-state index is 6.79. The predicted molar refractivity (Wildman–Crippen MR) is 208 cm³/mol. The van der Waals surface area contributed by atoms with E-state index in [9.17, 15) is 0 Å². The largest absolute Gasteiger partial charge is 0.457 e. The van der Waals surface area contributed by atoms with Crippen LogP contribution in [0.25, 0.3) is 44.4 Å². The summed E-state index contributed by atoms with van der Waals surface area (Å²) in [5.41, 5.74) is 11.5. The molecule has 0 aliphatic heterocycles. The molecule has 3 aromatic heterocycles. The van der Waals surface area contributed by atoms with Crippen LogP contribution in [0.3, 0.4) is 0 Å². The molecule has 0 spiro atoms. The molecule has 0 saturated carbocycles. The average molecular weight is 661 g/mol. The number of ether oxygens (including phenoxy) is 1. The van der Waals surface area contributed by atoms with Crippen LogP contribution in [0.15, 0.2) is 103 Å². The van der Waals surface area contributed by atoms with E-state index in [4.69, 9.17) is 14.8 Å². The first-order valence-electron chi connectivity index (χ1n) is 17.9. The number of fused-ring (bicyclic) bond motifs is 3. The van der Waals surface area contributed by atoms with Gasteiger partial charge < -0.3 is 4.74 Å². The molecule has 0 fully saturated rings. The molecule has 5 nitrogen and oxygen atoms in total. The molecule has 0 amide bonds. The Balaban J connectivity index is 1.34. The summed E-state index contributed by atoms with van der Waals surface area (Å²) in [6.07, 6.45) is 5.04. The summed E-state index contributed by atoms with van der Waals surface area (Å²) in [5.74, 6) is 3.15. The monoisotopic (exact) mass is 660 g/mol. The summed E-state index contributed by atoms with van der Waals surface area (Å²) in [6, 6.07) is 34.7. The minimum Gasteiger partial charge on any atom is -0.457 e. The van der Waals surface area contributed by atoms with E-state index >= 15 is 0 Å². The second-order valence-electron chi connectivity index (χ2n) is 15.5. The minimum atomic E-state index is 0.106. The van der Waals surface area contributed by atoms with Gasteiger partial charge in [0.25, 0.3) is 0 Å². The lowest BCUT2D eigenvalue weighted by molar-refractivity contribution is 0.409. The van der Waals surface area contributed by atoms with Gasteiger partial charge in [0.2, 0.25) is 0 Å². The van der Waals surface area contributed by atoms with Crippen molar-refractivity contribution in [3.8, 4) is 34.1 Å². The van der Waals surface area contributed by atoms with Gasteiger partial charge in [-0.25, -0.2) is 9.67 Å². The Kier molecular flexibility index (Phi) is 8.86. The van der Waals surface area contributed by atoms with Crippen molar-refractivity contribution in [2.45, 2.75) is 74.7 Å². The third-order valence-corrected chi connectivity index (χ3v) is 9.46. The van der Waals surface area contributed by atoms with Gasteiger partial charge in [-0.2, -0.15) is 5.10 Å². The third kappa shape index (κ3) is 6.82. The fraction of sp³-hybridized carbons (Fsp3) is 0.289. The summed E-state index contributed by atoms with van der Waals surface area (Å²) in [6.45, 7) is 17.8. The van der Waals surface area contributed by atoms with Gasteiger partial charge in [0.1, 0.15) is 17.3 Å². The summed E-state index contributed by atoms with van der Waals surface area (Å²) < 4.78 is 11.1. The first-order chi connectivity index (χ1) is 23.9. The highest BCUT2D eigenvalue weighted by Crippen LogP contribution is 2.37.